The number of hydrogen-bond acceptors (Lipinski definition) is 3. The molecule has 112 valence electrons. The highest BCUT2D eigenvalue weighted by Crippen LogP contribution is 2.16. The third-order valence-corrected chi connectivity index (χ3v) is 3.08. The van der Waals surface area contributed by atoms with Gasteiger partial charge in [-0.15, -0.1) is 0 Å². The lowest BCUT2D eigenvalue weighted by Crippen LogP contribution is -2.19. The first-order valence-electron chi connectivity index (χ1n) is 6.93. The van der Waals surface area contributed by atoms with Gasteiger partial charge in [-0.25, -0.2) is 9.07 Å². The van der Waals surface area contributed by atoms with Crippen molar-refractivity contribution in [2.24, 2.45) is 0 Å². The fourth-order valence-corrected chi connectivity index (χ4v) is 2.03. The number of aromatic nitrogens is 2. The molecule has 1 heterocycles. The van der Waals surface area contributed by atoms with Crippen LogP contribution in [0.3, 0.4) is 0 Å². The highest BCUT2D eigenvalue weighted by Gasteiger charge is 2.11. The van der Waals surface area contributed by atoms with E-state index in [1.54, 1.807) is 30.1 Å². The summed E-state index contributed by atoms with van der Waals surface area (Å²) >= 11 is 0. The van der Waals surface area contributed by atoms with Gasteiger partial charge in [0.05, 0.1) is 5.69 Å². The van der Waals surface area contributed by atoms with E-state index in [-0.39, 0.29) is 11.7 Å². The number of benzene rings is 1. The topological polar surface area (TPSA) is 59.0 Å². The summed E-state index contributed by atoms with van der Waals surface area (Å²) in [6.07, 6.45) is 2.70. The van der Waals surface area contributed by atoms with Crippen LogP contribution in [0.2, 0.25) is 0 Å². The number of rotatable bonds is 6. The van der Waals surface area contributed by atoms with E-state index in [2.05, 4.69) is 22.7 Å². The summed E-state index contributed by atoms with van der Waals surface area (Å²) in [5.74, 6) is -0.535. The summed E-state index contributed by atoms with van der Waals surface area (Å²) in [6.45, 7) is 3.48. The van der Waals surface area contributed by atoms with E-state index in [4.69, 9.17) is 0 Å². The van der Waals surface area contributed by atoms with Crippen LogP contribution >= 0.6 is 0 Å². The molecule has 0 aliphatic carbocycles. The molecule has 0 bridgehead atoms. The van der Waals surface area contributed by atoms with Crippen LogP contribution in [-0.2, 0) is 6.54 Å². The second-order valence-corrected chi connectivity index (χ2v) is 4.67. The first-order chi connectivity index (χ1) is 10.2. The van der Waals surface area contributed by atoms with Crippen molar-refractivity contribution in [1.29, 1.82) is 0 Å². The van der Waals surface area contributed by atoms with E-state index in [0.29, 0.717) is 12.2 Å². The summed E-state index contributed by atoms with van der Waals surface area (Å²) in [6, 6.07) is 6.17. The Kier molecular flexibility index (Phi) is 5.05. The van der Waals surface area contributed by atoms with Gasteiger partial charge in [-0.05, 0) is 42.8 Å². The fourth-order valence-electron chi connectivity index (χ4n) is 2.03. The standard InChI is InChI=1S/C15H19FN4O/c1-3-7-18-10-11-9-12(16)4-5-14(11)20-8-6-13(19-20)15(21)17-2/h4-6,8-9,18H,3,7,10H2,1-2H3,(H,17,21). The van der Waals surface area contributed by atoms with Gasteiger partial charge >= 0.3 is 0 Å². The molecule has 0 aliphatic rings. The van der Waals surface area contributed by atoms with Gasteiger partial charge in [0.1, 0.15) is 5.82 Å². The van der Waals surface area contributed by atoms with Gasteiger partial charge in [-0.1, -0.05) is 6.92 Å². The molecule has 0 unspecified atom stereocenters. The van der Waals surface area contributed by atoms with Gasteiger partial charge in [0.25, 0.3) is 5.91 Å². The van der Waals surface area contributed by atoms with Crippen molar-refractivity contribution in [2.75, 3.05) is 13.6 Å². The van der Waals surface area contributed by atoms with E-state index in [9.17, 15) is 9.18 Å². The molecule has 6 heteroatoms. The van der Waals surface area contributed by atoms with Crippen LogP contribution in [0.5, 0.6) is 0 Å². The predicted octanol–water partition coefficient (Wildman–Crippen LogP) is 1.87. The zero-order chi connectivity index (χ0) is 15.2. The Bertz CT molecular complexity index is 624. The number of halogens is 1. The van der Waals surface area contributed by atoms with Gasteiger partial charge < -0.3 is 10.6 Å². The van der Waals surface area contributed by atoms with E-state index in [1.807, 2.05) is 0 Å². The number of nitrogens with one attached hydrogen (secondary N) is 2. The van der Waals surface area contributed by atoms with Crippen LogP contribution in [0.25, 0.3) is 5.69 Å². The number of carbonyl (C=O) groups excluding carboxylic acids is 1. The highest BCUT2D eigenvalue weighted by molar-refractivity contribution is 5.91. The second kappa shape index (κ2) is 6.99. The van der Waals surface area contributed by atoms with Crippen LogP contribution in [0.15, 0.2) is 30.5 Å². The maximum absolute atomic E-state index is 13.4. The van der Waals surface area contributed by atoms with Crippen LogP contribution in [0, 0.1) is 5.82 Å². The average molecular weight is 290 g/mol. The summed E-state index contributed by atoms with van der Waals surface area (Å²) in [5.41, 5.74) is 1.89. The molecule has 0 fully saturated rings. The van der Waals surface area contributed by atoms with Crippen molar-refractivity contribution < 1.29 is 9.18 Å². The normalized spacial score (nSPS) is 10.6. The molecule has 21 heavy (non-hydrogen) atoms. The van der Waals surface area contributed by atoms with E-state index >= 15 is 0 Å². The number of hydrogen-bond donors (Lipinski definition) is 2. The molecule has 0 atom stereocenters. The largest absolute Gasteiger partial charge is 0.354 e. The molecule has 0 radical (unpaired) electrons. The third-order valence-electron chi connectivity index (χ3n) is 3.08. The minimum absolute atomic E-state index is 0.249. The van der Waals surface area contributed by atoms with Gasteiger partial charge in [0.15, 0.2) is 5.69 Å². The van der Waals surface area contributed by atoms with Crippen LogP contribution in [0.4, 0.5) is 4.39 Å². The predicted molar refractivity (Wildman–Crippen MR) is 78.9 cm³/mol. The zero-order valence-corrected chi connectivity index (χ0v) is 12.2. The molecule has 0 saturated heterocycles. The summed E-state index contributed by atoms with van der Waals surface area (Å²) in [4.78, 5) is 11.5. The zero-order valence-electron chi connectivity index (χ0n) is 12.2. The Hall–Kier alpha value is -2.21. The van der Waals surface area contributed by atoms with Crippen molar-refractivity contribution in [3.63, 3.8) is 0 Å². The van der Waals surface area contributed by atoms with Crippen molar-refractivity contribution in [3.05, 3.63) is 47.5 Å². The lowest BCUT2D eigenvalue weighted by molar-refractivity contribution is 0.0957. The number of carbonyl (C=O) groups is 1. The molecular formula is C15H19FN4O. The van der Waals surface area contributed by atoms with Gasteiger partial charge in [0, 0.05) is 19.8 Å². The molecule has 2 aromatic rings. The SMILES string of the molecule is CCCNCc1cc(F)ccc1-n1ccc(C(=O)NC)n1. The Labute approximate surface area is 123 Å². The first-order valence-corrected chi connectivity index (χ1v) is 6.93. The van der Waals surface area contributed by atoms with E-state index in [1.165, 1.54) is 12.1 Å². The number of nitrogens with zero attached hydrogens (tertiary/aromatic N) is 2. The Morgan fingerprint density at radius 2 is 2.19 bits per heavy atom. The van der Waals surface area contributed by atoms with Gasteiger partial charge in [0.2, 0.25) is 0 Å². The minimum atomic E-state index is -0.286. The monoisotopic (exact) mass is 290 g/mol. The van der Waals surface area contributed by atoms with Crippen LogP contribution < -0.4 is 10.6 Å². The van der Waals surface area contributed by atoms with Gasteiger partial charge in [-0.2, -0.15) is 5.10 Å². The maximum Gasteiger partial charge on any atom is 0.271 e. The molecule has 1 aromatic heterocycles. The average Bonchev–Trinajstić information content (AvgIpc) is 2.96. The molecule has 0 aliphatic heterocycles. The quantitative estimate of drug-likeness (QED) is 0.799. The molecule has 2 N–H and O–H groups in total. The van der Waals surface area contributed by atoms with Crippen molar-refractivity contribution >= 4 is 5.91 Å². The van der Waals surface area contributed by atoms with Crippen LogP contribution in [0.1, 0.15) is 29.4 Å². The third kappa shape index (κ3) is 3.66. The molecule has 0 saturated carbocycles. The molecule has 1 aromatic carbocycles. The Morgan fingerprint density at radius 1 is 1.38 bits per heavy atom. The summed E-state index contributed by atoms with van der Waals surface area (Å²) < 4.78 is 15.0. The number of amides is 1. The molecule has 1 amide bonds. The van der Waals surface area contributed by atoms with E-state index in [0.717, 1.165) is 24.2 Å². The van der Waals surface area contributed by atoms with Crippen LogP contribution in [-0.4, -0.2) is 29.3 Å². The fraction of sp³-hybridized carbons (Fsp3) is 0.333. The molecule has 5 nitrogen and oxygen atoms in total. The molecular weight excluding hydrogens is 271 g/mol. The lowest BCUT2D eigenvalue weighted by atomic mass is 10.1. The van der Waals surface area contributed by atoms with E-state index < -0.39 is 0 Å². The molecule has 2 rings (SSSR count). The van der Waals surface area contributed by atoms with Crippen molar-refractivity contribution in [3.8, 4) is 5.69 Å². The van der Waals surface area contributed by atoms with Gasteiger partial charge in [-0.3, -0.25) is 4.79 Å². The Morgan fingerprint density at radius 3 is 2.90 bits per heavy atom. The second-order valence-electron chi connectivity index (χ2n) is 4.67. The first kappa shape index (κ1) is 15.2. The minimum Gasteiger partial charge on any atom is -0.354 e. The van der Waals surface area contributed by atoms with Crippen molar-refractivity contribution in [2.45, 2.75) is 19.9 Å². The molecule has 0 spiro atoms. The summed E-state index contributed by atoms with van der Waals surface area (Å²) in [5, 5.41) is 9.99. The maximum atomic E-state index is 13.4. The highest BCUT2D eigenvalue weighted by atomic mass is 19.1. The Balaban J connectivity index is 2.29. The smallest absolute Gasteiger partial charge is 0.271 e. The summed E-state index contributed by atoms with van der Waals surface area (Å²) in [7, 11) is 1.55. The lowest BCUT2D eigenvalue weighted by Gasteiger charge is -2.10. The van der Waals surface area contributed by atoms with Crippen molar-refractivity contribution in [1.82, 2.24) is 20.4 Å².